The molecule has 0 bridgehead atoms. The summed E-state index contributed by atoms with van der Waals surface area (Å²) in [4.78, 5) is 27.4. The van der Waals surface area contributed by atoms with Crippen molar-refractivity contribution >= 4 is 24.7 Å². The molecule has 0 atom stereocenters. The van der Waals surface area contributed by atoms with Crippen LogP contribution in [0.3, 0.4) is 0 Å². The largest absolute Gasteiger partial charge is 0.457 e. The van der Waals surface area contributed by atoms with Crippen molar-refractivity contribution in [3.05, 3.63) is 18.2 Å². The Labute approximate surface area is 129 Å². The van der Waals surface area contributed by atoms with Crippen LogP contribution < -0.4 is 0 Å². The zero-order chi connectivity index (χ0) is 15.3. The molecule has 1 aromatic heterocycles. The predicted octanol–water partition coefficient (Wildman–Crippen LogP) is 2.56. The fraction of sp³-hybridized carbons (Fsp3) is 0.643. The summed E-state index contributed by atoms with van der Waals surface area (Å²) in [6.07, 6.45) is 7.58. The number of hydrogen-bond acceptors (Lipinski definition) is 6. The molecule has 2 rings (SSSR count). The summed E-state index contributed by atoms with van der Waals surface area (Å²) in [5, 5.41) is 0. The highest BCUT2D eigenvalue weighted by molar-refractivity contribution is 7.81. The molecule has 0 aromatic carbocycles. The SMILES string of the molecule is CC1(OC(=O)n2ccnc2COC(=O)CS)CCCCC1. The number of carbonyl (C=O) groups is 2. The maximum Gasteiger partial charge on any atom is 0.420 e. The van der Waals surface area contributed by atoms with Gasteiger partial charge in [-0.2, -0.15) is 12.6 Å². The lowest BCUT2D eigenvalue weighted by atomic mass is 9.86. The third kappa shape index (κ3) is 4.23. The predicted molar refractivity (Wildman–Crippen MR) is 79.2 cm³/mol. The molecule has 0 radical (unpaired) electrons. The van der Waals surface area contributed by atoms with Crippen LogP contribution in [0.15, 0.2) is 12.4 Å². The van der Waals surface area contributed by atoms with Gasteiger partial charge in [-0.1, -0.05) is 6.42 Å². The highest BCUT2D eigenvalue weighted by Gasteiger charge is 2.31. The zero-order valence-electron chi connectivity index (χ0n) is 12.1. The van der Waals surface area contributed by atoms with Gasteiger partial charge in [0.1, 0.15) is 12.2 Å². The van der Waals surface area contributed by atoms with Gasteiger partial charge in [-0.05, 0) is 32.6 Å². The lowest BCUT2D eigenvalue weighted by Gasteiger charge is -2.33. The molecule has 1 aromatic rings. The molecular weight excluding hydrogens is 292 g/mol. The van der Waals surface area contributed by atoms with Crippen LogP contribution in [-0.4, -0.2) is 33.0 Å². The second-order valence-electron chi connectivity index (χ2n) is 5.41. The number of thiol groups is 1. The van der Waals surface area contributed by atoms with Crippen LogP contribution in [-0.2, 0) is 20.9 Å². The van der Waals surface area contributed by atoms with Crippen molar-refractivity contribution in [3.8, 4) is 0 Å². The van der Waals surface area contributed by atoms with E-state index >= 15 is 0 Å². The van der Waals surface area contributed by atoms with Gasteiger partial charge in [0.05, 0.1) is 5.75 Å². The van der Waals surface area contributed by atoms with E-state index in [-0.39, 0.29) is 12.4 Å². The van der Waals surface area contributed by atoms with Crippen LogP contribution >= 0.6 is 12.6 Å². The van der Waals surface area contributed by atoms with Gasteiger partial charge in [0.25, 0.3) is 0 Å². The number of imidazole rings is 1. The molecule has 1 aliphatic carbocycles. The second-order valence-corrected chi connectivity index (χ2v) is 5.73. The van der Waals surface area contributed by atoms with E-state index in [1.807, 2.05) is 6.92 Å². The summed E-state index contributed by atoms with van der Waals surface area (Å²) < 4.78 is 11.8. The summed E-state index contributed by atoms with van der Waals surface area (Å²) in [7, 11) is 0. The molecule has 1 heterocycles. The van der Waals surface area contributed by atoms with E-state index in [9.17, 15) is 9.59 Å². The van der Waals surface area contributed by atoms with Crippen LogP contribution in [0.25, 0.3) is 0 Å². The van der Waals surface area contributed by atoms with Gasteiger partial charge in [-0.3, -0.25) is 4.79 Å². The molecule has 6 nitrogen and oxygen atoms in total. The summed E-state index contributed by atoms with van der Waals surface area (Å²) in [5.41, 5.74) is -0.418. The first-order valence-electron chi connectivity index (χ1n) is 7.06. The Balaban J connectivity index is 1.99. The van der Waals surface area contributed by atoms with Crippen molar-refractivity contribution in [2.24, 2.45) is 0 Å². The van der Waals surface area contributed by atoms with Crippen molar-refractivity contribution < 1.29 is 19.1 Å². The van der Waals surface area contributed by atoms with Gasteiger partial charge in [-0.15, -0.1) is 0 Å². The van der Waals surface area contributed by atoms with Gasteiger partial charge in [0.15, 0.2) is 5.82 Å². The first-order chi connectivity index (χ1) is 10.0. The standard InChI is InChI=1S/C14H20N2O4S/c1-14(5-3-2-4-6-14)20-13(18)16-8-7-15-11(16)9-19-12(17)10-21/h7-8,21H,2-6,9-10H2,1H3. The van der Waals surface area contributed by atoms with E-state index < -0.39 is 17.7 Å². The van der Waals surface area contributed by atoms with Crippen molar-refractivity contribution in [2.75, 3.05) is 5.75 Å². The molecule has 1 aliphatic rings. The summed E-state index contributed by atoms with van der Waals surface area (Å²) in [6, 6.07) is 0. The van der Waals surface area contributed by atoms with Gasteiger partial charge in [0, 0.05) is 12.4 Å². The van der Waals surface area contributed by atoms with E-state index in [1.54, 1.807) is 0 Å². The Morgan fingerprint density at radius 3 is 2.76 bits per heavy atom. The minimum absolute atomic E-state index is 0.0107. The number of carbonyl (C=O) groups excluding carboxylic acids is 2. The number of ether oxygens (including phenoxy) is 2. The highest BCUT2D eigenvalue weighted by atomic mass is 32.1. The van der Waals surface area contributed by atoms with Crippen LogP contribution in [0.2, 0.25) is 0 Å². The van der Waals surface area contributed by atoms with E-state index in [1.165, 1.54) is 23.4 Å². The monoisotopic (exact) mass is 312 g/mol. The molecule has 1 saturated carbocycles. The van der Waals surface area contributed by atoms with Crippen LogP contribution in [0.5, 0.6) is 0 Å². The molecule has 0 aliphatic heterocycles. The summed E-state index contributed by atoms with van der Waals surface area (Å²) >= 11 is 3.82. The van der Waals surface area contributed by atoms with E-state index in [2.05, 4.69) is 17.6 Å². The first kappa shape index (κ1) is 15.9. The molecule has 0 N–H and O–H groups in total. The van der Waals surface area contributed by atoms with Gasteiger partial charge in [-0.25, -0.2) is 14.3 Å². The van der Waals surface area contributed by atoms with E-state index in [4.69, 9.17) is 9.47 Å². The normalized spacial score (nSPS) is 17.2. The number of hydrogen-bond donors (Lipinski definition) is 1. The molecule has 0 spiro atoms. The highest BCUT2D eigenvalue weighted by Crippen LogP contribution is 2.31. The molecule has 1 fully saturated rings. The van der Waals surface area contributed by atoms with Gasteiger partial charge in [0.2, 0.25) is 0 Å². The van der Waals surface area contributed by atoms with Crippen LogP contribution in [0, 0.1) is 0 Å². The summed E-state index contributed by atoms with van der Waals surface area (Å²) in [5.74, 6) is -0.126. The Morgan fingerprint density at radius 2 is 2.10 bits per heavy atom. The fourth-order valence-corrected chi connectivity index (χ4v) is 2.55. The first-order valence-corrected chi connectivity index (χ1v) is 7.69. The maximum atomic E-state index is 12.3. The molecule has 116 valence electrons. The average Bonchev–Trinajstić information content (AvgIpc) is 2.93. The molecular formula is C14H20N2O4S. The van der Waals surface area contributed by atoms with Crippen molar-refractivity contribution in [1.29, 1.82) is 0 Å². The zero-order valence-corrected chi connectivity index (χ0v) is 13.0. The molecule has 0 saturated heterocycles. The van der Waals surface area contributed by atoms with Crippen molar-refractivity contribution in [2.45, 2.75) is 51.2 Å². The number of esters is 1. The van der Waals surface area contributed by atoms with Gasteiger partial charge >= 0.3 is 12.1 Å². The third-order valence-corrected chi connectivity index (χ3v) is 3.91. The summed E-state index contributed by atoms with van der Waals surface area (Å²) in [6.45, 7) is 1.89. The fourth-order valence-electron chi connectivity index (χ4n) is 2.46. The quantitative estimate of drug-likeness (QED) is 0.683. The number of rotatable bonds is 4. The second kappa shape index (κ2) is 6.98. The number of nitrogens with zero attached hydrogens (tertiary/aromatic N) is 2. The molecule has 7 heteroatoms. The smallest absolute Gasteiger partial charge is 0.420 e. The van der Waals surface area contributed by atoms with Crippen molar-refractivity contribution in [3.63, 3.8) is 0 Å². The van der Waals surface area contributed by atoms with E-state index in [0.29, 0.717) is 5.82 Å². The topological polar surface area (TPSA) is 70.4 Å². The van der Waals surface area contributed by atoms with Crippen LogP contribution in [0.4, 0.5) is 4.79 Å². The number of aromatic nitrogens is 2. The lowest BCUT2D eigenvalue weighted by molar-refractivity contribution is -0.142. The Bertz CT molecular complexity index is 509. The average molecular weight is 312 g/mol. The Morgan fingerprint density at radius 1 is 1.38 bits per heavy atom. The molecule has 21 heavy (non-hydrogen) atoms. The molecule has 0 amide bonds. The lowest BCUT2D eigenvalue weighted by Crippen LogP contribution is -2.35. The van der Waals surface area contributed by atoms with Crippen molar-refractivity contribution in [1.82, 2.24) is 9.55 Å². The van der Waals surface area contributed by atoms with E-state index in [0.717, 1.165) is 25.7 Å². The third-order valence-electron chi connectivity index (χ3n) is 3.65. The minimum atomic E-state index is -0.478. The van der Waals surface area contributed by atoms with Crippen LogP contribution in [0.1, 0.15) is 44.9 Å². The minimum Gasteiger partial charge on any atom is -0.457 e. The molecule has 0 unspecified atom stereocenters. The Kier molecular flexibility index (Phi) is 5.27. The Hall–Kier alpha value is -1.50. The maximum absolute atomic E-state index is 12.3. The van der Waals surface area contributed by atoms with Gasteiger partial charge < -0.3 is 9.47 Å².